The molecule has 0 spiro atoms. The fourth-order valence-corrected chi connectivity index (χ4v) is 2.60. The van der Waals surface area contributed by atoms with Crippen molar-refractivity contribution < 1.29 is 14.3 Å². The maximum Gasteiger partial charge on any atom is 0.231 e. The Kier molecular flexibility index (Phi) is 5.93. The maximum atomic E-state index is 12.3. The molecule has 3 rings (SSSR count). The molecule has 0 bridgehead atoms. The number of rotatable bonds is 5. The highest BCUT2D eigenvalue weighted by Gasteiger charge is 2.15. The first kappa shape index (κ1) is 17.9. The average Bonchev–Trinajstić information content (AvgIpc) is 3.01. The van der Waals surface area contributed by atoms with E-state index in [1.807, 2.05) is 42.5 Å². The Hall–Kier alpha value is -2.40. The molecule has 0 atom stereocenters. The van der Waals surface area contributed by atoms with E-state index in [1.54, 1.807) is 11.9 Å². The SMILES string of the molecule is CN(Cc1ccc2c(c1)OCO2)C(=O)CCc1ccccc1N.Cl. The van der Waals surface area contributed by atoms with Crippen LogP contribution in [-0.2, 0) is 17.8 Å². The lowest BCUT2D eigenvalue weighted by molar-refractivity contribution is -0.130. The highest BCUT2D eigenvalue weighted by atomic mass is 35.5. The van der Waals surface area contributed by atoms with Gasteiger partial charge in [0, 0.05) is 25.7 Å². The molecule has 2 N–H and O–H groups in total. The molecule has 5 nitrogen and oxygen atoms in total. The largest absolute Gasteiger partial charge is 0.454 e. The maximum absolute atomic E-state index is 12.3. The summed E-state index contributed by atoms with van der Waals surface area (Å²) in [7, 11) is 1.81. The van der Waals surface area contributed by atoms with Crippen LogP contribution in [0.3, 0.4) is 0 Å². The number of halogens is 1. The van der Waals surface area contributed by atoms with Gasteiger partial charge in [-0.3, -0.25) is 4.79 Å². The summed E-state index contributed by atoms with van der Waals surface area (Å²) in [6.07, 6.45) is 1.09. The summed E-state index contributed by atoms with van der Waals surface area (Å²) in [6, 6.07) is 13.4. The Labute approximate surface area is 147 Å². The summed E-state index contributed by atoms with van der Waals surface area (Å²) in [4.78, 5) is 14.0. The van der Waals surface area contributed by atoms with E-state index in [4.69, 9.17) is 15.2 Å². The van der Waals surface area contributed by atoms with Gasteiger partial charge in [-0.25, -0.2) is 0 Å². The number of nitrogens with two attached hydrogens (primary N) is 1. The first-order chi connectivity index (χ1) is 11.1. The van der Waals surface area contributed by atoms with E-state index in [9.17, 15) is 4.79 Å². The van der Waals surface area contributed by atoms with Crippen LogP contribution in [0.5, 0.6) is 11.5 Å². The molecule has 0 fully saturated rings. The second-order valence-electron chi connectivity index (χ2n) is 5.64. The molecule has 0 aliphatic carbocycles. The number of nitrogen functional groups attached to an aromatic ring is 1. The zero-order valence-corrected chi connectivity index (χ0v) is 14.3. The second-order valence-corrected chi connectivity index (χ2v) is 5.64. The van der Waals surface area contributed by atoms with Crippen molar-refractivity contribution in [3.63, 3.8) is 0 Å². The summed E-state index contributed by atoms with van der Waals surface area (Å²) < 4.78 is 10.7. The number of ether oxygens (including phenoxy) is 2. The zero-order valence-electron chi connectivity index (χ0n) is 13.5. The fraction of sp³-hybridized carbons (Fsp3) is 0.278. The van der Waals surface area contributed by atoms with Crippen molar-refractivity contribution in [1.29, 1.82) is 0 Å². The Morgan fingerprint density at radius 1 is 1.17 bits per heavy atom. The first-order valence-corrected chi connectivity index (χ1v) is 7.59. The van der Waals surface area contributed by atoms with Gasteiger partial charge in [-0.1, -0.05) is 24.3 Å². The van der Waals surface area contributed by atoms with Crippen LogP contribution in [-0.4, -0.2) is 24.6 Å². The molecule has 0 radical (unpaired) electrons. The summed E-state index contributed by atoms with van der Waals surface area (Å²) in [5.41, 5.74) is 8.67. The number of nitrogens with zero attached hydrogens (tertiary/aromatic N) is 1. The third-order valence-corrected chi connectivity index (χ3v) is 3.95. The number of para-hydroxylation sites is 1. The summed E-state index contributed by atoms with van der Waals surface area (Å²) in [5, 5.41) is 0. The van der Waals surface area contributed by atoms with E-state index in [0.29, 0.717) is 19.4 Å². The van der Waals surface area contributed by atoms with Crippen LogP contribution in [0.25, 0.3) is 0 Å². The standard InChI is InChI=1S/C18H20N2O3.ClH/c1-20(11-13-6-8-16-17(10-13)23-12-22-16)18(21)9-7-14-4-2-3-5-15(14)19;/h2-6,8,10H,7,9,11-12,19H2,1H3;1H. The van der Waals surface area contributed by atoms with E-state index in [1.165, 1.54) is 0 Å². The number of fused-ring (bicyclic) bond motifs is 1. The molecular formula is C18H21ClN2O3. The lowest BCUT2D eigenvalue weighted by Crippen LogP contribution is -2.26. The summed E-state index contributed by atoms with van der Waals surface area (Å²) >= 11 is 0. The van der Waals surface area contributed by atoms with E-state index in [-0.39, 0.29) is 25.1 Å². The number of amides is 1. The van der Waals surface area contributed by atoms with E-state index in [2.05, 4.69) is 0 Å². The molecule has 128 valence electrons. The molecule has 0 saturated heterocycles. The van der Waals surface area contributed by atoms with Gasteiger partial charge in [0.25, 0.3) is 0 Å². The zero-order chi connectivity index (χ0) is 16.2. The van der Waals surface area contributed by atoms with Crippen molar-refractivity contribution in [1.82, 2.24) is 4.90 Å². The molecule has 1 amide bonds. The Morgan fingerprint density at radius 3 is 2.71 bits per heavy atom. The van der Waals surface area contributed by atoms with Gasteiger partial charge >= 0.3 is 0 Å². The van der Waals surface area contributed by atoms with Crippen molar-refractivity contribution in [2.45, 2.75) is 19.4 Å². The van der Waals surface area contributed by atoms with Crippen molar-refractivity contribution >= 4 is 24.0 Å². The van der Waals surface area contributed by atoms with Crippen molar-refractivity contribution in [2.24, 2.45) is 0 Å². The number of anilines is 1. The molecule has 1 aliphatic heterocycles. The summed E-state index contributed by atoms with van der Waals surface area (Å²) in [6.45, 7) is 0.797. The third-order valence-electron chi connectivity index (χ3n) is 3.95. The van der Waals surface area contributed by atoms with Gasteiger partial charge in [0.2, 0.25) is 12.7 Å². The molecule has 1 heterocycles. The third kappa shape index (κ3) is 4.11. The Morgan fingerprint density at radius 2 is 1.92 bits per heavy atom. The molecule has 2 aromatic rings. The molecule has 0 unspecified atom stereocenters. The highest BCUT2D eigenvalue weighted by molar-refractivity contribution is 5.85. The fourth-order valence-electron chi connectivity index (χ4n) is 2.60. The quantitative estimate of drug-likeness (QED) is 0.843. The van der Waals surface area contributed by atoms with Gasteiger partial charge in [0.1, 0.15) is 0 Å². The summed E-state index contributed by atoms with van der Waals surface area (Å²) in [5.74, 6) is 1.58. The average molecular weight is 349 g/mol. The minimum absolute atomic E-state index is 0. The van der Waals surface area contributed by atoms with E-state index in [0.717, 1.165) is 28.3 Å². The Balaban J connectivity index is 0.00000208. The number of hydrogen-bond acceptors (Lipinski definition) is 4. The van der Waals surface area contributed by atoms with Crippen LogP contribution in [0, 0.1) is 0 Å². The Bertz CT molecular complexity index is 721. The topological polar surface area (TPSA) is 64.8 Å². The molecule has 1 aliphatic rings. The molecular weight excluding hydrogens is 328 g/mol. The number of carbonyl (C=O) groups excluding carboxylic acids is 1. The van der Waals surface area contributed by atoms with E-state index < -0.39 is 0 Å². The van der Waals surface area contributed by atoms with Crippen LogP contribution in [0.15, 0.2) is 42.5 Å². The van der Waals surface area contributed by atoms with Gasteiger partial charge in [0.15, 0.2) is 11.5 Å². The first-order valence-electron chi connectivity index (χ1n) is 7.59. The molecule has 6 heteroatoms. The van der Waals surface area contributed by atoms with E-state index >= 15 is 0 Å². The van der Waals surface area contributed by atoms with Crippen molar-refractivity contribution in [3.05, 3.63) is 53.6 Å². The van der Waals surface area contributed by atoms with Crippen LogP contribution in [0.1, 0.15) is 17.5 Å². The predicted molar refractivity (Wildman–Crippen MR) is 95.5 cm³/mol. The molecule has 24 heavy (non-hydrogen) atoms. The lowest BCUT2D eigenvalue weighted by Gasteiger charge is -2.18. The minimum atomic E-state index is 0. The highest BCUT2D eigenvalue weighted by Crippen LogP contribution is 2.32. The molecule has 0 saturated carbocycles. The van der Waals surface area contributed by atoms with Crippen LogP contribution < -0.4 is 15.2 Å². The van der Waals surface area contributed by atoms with Gasteiger partial charge < -0.3 is 20.1 Å². The van der Waals surface area contributed by atoms with Gasteiger partial charge in [-0.15, -0.1) is 12.4 Å². The molecule has 2 aromatic carbocycles. The predicted octanol–water partition coefficient (Wildman–Crippen LogP) is 3.01. The minimum Gasteiger partial charge on any atom is -0.454 e. The number of benzene rings is 2. The van der Waals surface area contributed by atoms with Gasteiger partial charge in [0.05, 0.1) is 0 Å². The number of hydrogen-bond donors (Lipinski definition) is 1. The van der Waals surface area contributed by atoms with Crippen LogP contribution in [0.2, 0.25) is 0 Å². The van der Waals surface area contributed by atoms with Crippen molar-refractivity contribution in [3.8, 4) is 11.5 Å². The number of carbonyl (C=O) groups is 1. The normalized spacial score (nSPS) is 11.7. The smallest absolute Gasteiger partial charge is 0.231 e. The number of aryl methyl sites for hydroxylation is 1. The van der Waals surface area contributed by atoms with Gasteiger partial charge in [-0.05, 0) is 35.7 Å². The van der Waals surface area contributed by atoms with Crippen LogP contribution in [0.4, 0.5) is 5.69 Å². The second kappa shape index (κ2) is 7.93. The van der Waals surface area contributed by atoms with Crippen LogP contribution >= 0.6 is 12.4 Å². The van der Waals surface area contributed by atoms with Gasteiger partial charge in [-0.2, -0.15) is 0 Å². The lowest BCUT2D eigenvalue weighted by atomic mass is 10.1. The monoisotopic (exact) mass is 348 g/mol. The van der Waals surface area contributed by atoms with Crippen molar-refractivity contribution in [2.75, 3.05) is 19.6 Å². The molecule has 0 aromatic heterocycles.